The fourth-order valence-corrected chi connectivity index (χ4v) is 16.6. The number of ketones is 1. The van der Waals surface area contributed by atoms with Crippen molar-refractivity contribution < 1.29 is 126 Å². The molecule has 4 aliphatic carbocycles. The van der Waals surface area contributed by atoms with Gasteiger partial charge in [0.2, 0.25) is 0 Å². The number of unbranched alkanes of at least 4 members (excludes halogenated alkanes) is 8. The topological polar surface area (TPSA) is 354 Å². The zero-order valence-corrected chi connectivity index (χ0v) is 74.8. The summed E-state index contributed by atoms with van der Waals surface area (Å²) in [4.78, 5) is 57.2. The smallest absolute Gasteiger partial charge is 0.416 e. The van der Waals surface area contributed by atoms with E-state index in [4.69, 9.17) is 28.8 Å². The average Bonchev–Trinajstić information content (AvgIpc) is 1.69. The third-order valence-electron chi connectivity index (χ3n) is 23.3. The van der Waals surface area contributed by atoms with E-state index in [1.54, 1.807) is 50.3 Å². The van der Waals surface area contributed by atoms with Crippen LogP contribution < -0.4 is 9.47 Å². The van der Waals surface area contributed by atoms with Gasteiger partial charge in [-0.25, -0.2) is 8.78 Å². The number of alkyl halides is 5. The van der Waals surface area contributed by atoms with Gasteiger partial charge in [0.1, 0.15) is 30.0 Å². The highest BCUT2D eigenvalue weighted by Gasteiger charge is 2.45. The first-order valence-electron chi connectivity index (χ1n) is 45.8. The second-order valence-corrected chi connectivity index (χ2v) is 34.9. The molecule has 0 radical (unpaired) electrons. The number of aliphatic carboxylic acids is 1. The van der Waals surface area contributed by atoms with Crippen LogP contribution in [-0.4, -0.2) is 184 Å². The Morgan fingerprint density at radius 1 is 0.440 bits per heavy atom. The number of carboxylic acid groups (broad SMARTS) is 1. The van der Waals surface area contributed by atoms with Gasteiger partial charge in [0.05, 0.1) is 78.8 Å². The molecule has 26 heteroatoms. The molecule has 0 saturated heterocycles. The van der Waals surface area contributed by atoms with Crippen LogP contribution in [0, 0.1) is 47.3 Å². The first-order valence-corrected chi connectivity index (χ1v) is 45.8. The Balaban J connectivity index is 0.000000351. The number of hydrogen-bond acceptors (Lipinski definition) is 20. The predicted molar refractivity (Wildman–Crippen MR) is 472 cm³/mol. The lowest BCUT2D eigenvalue weighted by molar-refractivity contribution is -0.148. The Hall–Kier alpha value is -7.24. The summed E-state index contributed by atoms with van der Waals surface area (Å²) < 4.78 is 92.8. The molecule has 3 aromatic carbocycles. The number of hydrogen-bond donors (Lipinski definition) is 11. The van der Waals surface area contributed by atoms with Crippen molar-refractivity contribution in [2.24, 2.45) is 47.3 Å². The van der Waals surface area contributed by atoms with Crippen LogP contribution in [0.5, 0.6) is 11.5 Å². The minimum Gasteiger partial charge on any atom is -0.491 e. The number of aliphatic hydroxyl groups excluding tert-OH is 10. The molecule has 0 aromatic heterocycles. The maximum Gasteiger partial charge on any atom is 0.416 e. The lowest BCUT2D eigenvalue weighted by Crippen LogP contribution is -2.29. The molecule has 0 bridgehead atoms. The van der Waals surface area contributed by atoms with Crippen LogP contribution in [0.3, 0.4) is 0 Å². The largest absolute Gasteiger partial charge is 0.491 e. The second-order valence-electron chi connectivity index (χ2n) is 34.9. The highest BCUT2D eigenvalue weighted by Crippen LogP contribution is 2.43. The summed E-state index contributed by atoms with van der Waals surface area (Å²) >= 11 is 0. The van der Waals surface area contributed by atoms with Crippen LogP contribution >= 0.6 is 0 Å². The second kappa shape index (κ2) is 61.3. The summed E-state index contributed by atoms with van der Waals surface area (Å²) in [6, 6.07) is 23.0. The van der Waals surface area contributed by atoms with E-state index in [1.807, 2.05) is 88.4 Å². The number of rotatable bonds is 53. The van der Waals surface area contributed by atoms with Crippen LogP contribution in [0.4, 0.5) is 22.0 Å². The maximum atomic E-state index is 14.3. The van der Waals surface area contributed by atoms with Gasteiger partial charge in [0.25, 0.3) is 5.92 Å². The number of Topliss-reactive ketones (excluding diaryl/α,β-unsaturated/α-hetero) is 1. The van der Waals surface area contributed by atoms with Gasteiger partial charge in [0, 0.05) is 57.3 Å². The summed E-state index contributed by atoms with van der Waals surface area (Å²) in [6.45, 7) is 12.1. The monoisotopic (exact) mass is 1770 g/mol. The van der Waals surface area contributed by atoms with Gasteiger partial charge in [-0.1, -0.05) is 148 Å². The van der Waals surface area contributed by atoms with Gasteiger partial charge < -0.3 is 79.9 Å². The van der Waals surface area contributed by atoms with Crippen molar-refractivity contribution in [2.45, 2.75) is 358 Å². The Morgan fingerprint density at radius 3 is 1.34 bits per heavy atom. The van der Waals surface area contributed by atoms with Gasteiger partial charge in [0.15, 0.2) is 6.61 Å². The van der Waals surface area contributed by atoms with E-state index in [-0.39, 0.29) is 121 Å². The molecule has 0 spiro atoms. The van der Waals surface area contributed by atoms with Crippen molar-refractivity contribution in [3.8, 4) is 11.5 Å². The number of allylic oxidation sites excluding steroid dienone is 8. The van der Waals surface area contributed by atoms with Gasteiger partial charge in [-0.2, -0.15) is 13.2 Å². The highest BCUT2D eigenvalue weighted by molar-refractivity contribution is 5.78. The molecule has 706 valence electrons. The summed E-state index contributed by atoms with van der Waals surface area (Å²) in [5.74, 6) is -5.11. The average molecular weight is 1770 g/mol. The zero-order chi connectivity index (χ0) is 92.3. The molecule has 4 saturated carbocycles. The zero-order valence-electron chi connectivity index (χ0n) is 74.8. The summed E-state index contributed by atoms with van der Waals surface area (Å²) in [6.07, 6.45) is 27.8. The van der Waals surface area contributed by atoms with Crippen molar-refractivity contribution in [3.63, 3.8) is 0 Å². The van der Waals surface area contributed by atoms with Gasteiger partial charge in [-0.15, -0.1) is 0 Å². The van der Waals surface area contributed by atoms with Crippen LogP contribution in [-0.2, 0) is 50.8 Å². The van der Waals surface area contributed by atoms with E-state index < -0.39 is 104 Å². The normalized spacial score (nSPS) is 24.4. The van der Waals surface area contributed by atoms with Crippen LogP contribution in [0.25, 0.3) is 0 Å². The quantitative estimate of drug-likeness (QED) is 0.00822. The minimum atomic E-state index is -4.49. The number of halogens is 5. The maximum absolute atomic E-state index is 14.3. The number of carboxylic acids is 1. The molecule has 0 unspecified atom stereocenters. The summed E-state index contributed by atoms with van der Waals surface area (Å²) in [7, 11) is 0. The third-order valence-corrected chi connectivity index (χ3v) is 23.3. The van der Waals surface area contributed by atoms with E-state index in [9.17, 15) is 97.0 Å². The molecule has 3 aromatic rings. The number of carbonyl (C=O) groups is 5. The molecule has 11 N–H and O–H groups in total. The van der Waals surface area contributed by atoms with Crippen molar-refractivity contribution in [3.05, 3.63) is 157 Å². The number of aryl methyl sites for hydroxylation is 1. The van der Waals surface area contributed by atoms with Crippen molar-refractivity contribution in [1.29, 1.82) is 0 Å². The minimum absolute atomic E-state index is 0.00652. The molecule has 21 nitrogen and oxygen atoms in total. The van der Waals surface area contributed by atoms with E-state index in [0.717, 1.165) is 44.2 Å². The fourth-order valence-electron chi connectivity index (χ4n) is 16.6. The van der Waals surface area contributed by atoms with E-state index in [0.29, 0.717) is 141 Å². The number of aliphatic hydroxyl groups is 10. The molecule has 4 fully saturated rings. The molecule has 4 aliphatic rings. The van der Waals surface area contributed by atoms with Crippen molar-refractivity contribution in [1.82, 2.24) is 0 Å². The number of esters is 3. The molecule has 0 aliphatic heterocycles. The molecule has 18 atom stereocenters. The van der Waals surface area contributed by atoms with Crippen LogP contribution in [0.1, 0.15) is 271 Å². The summed E-state index contributed by atoms with van der Waals surface area (Å²) in [5.41, 5.74) is 0.382. The third kappa shape index (κ3) is 47.1. The van der Waals surface area contributed by atoms with E-state index >= 15 is 0 Å². The van der Waals surface area contributed by atoms with Crippen LogP contribution in [0.2, 0.25) is 0 Å². The van der Waals surface area contributed by atoms with Gasteiger partial charge in [-0.3, -0.25) is 24.0 Å². The van der Waals surface area contributed by atoms with Crippen molar-refractivity contribution in [2.75, 3.05) is 13.2 Å². The van der Waals surface area contributed by atoms with Crippen LogP contribution in [0.15, 0.2) is 146 Å². The number of benzene rings is 3. The lowest BCUT2D eigenvalue weighted by Gasteiger charge is -2.25. The van der Waals surface area contributed by atoms with E-state index in [1.165, 1.54) is 43.0 Å². The Bertz CT molecular complexity index is 3590. The number of para-hydroxylation sites is 1. The Morgan fingerprint density at radius 2 is 0.864 bits per heavy atom. The molecule has 0 heterocycles. The molecule has 7 rings (SSSR count). The fraction of sp³-hybridized carbons (Fsp3) is 0.667. The number of ether oxygens (including phenoxy) is 5. The first kappa shape index (κ1) is 110. The highest BCUT2D eigenvalue weighted by atomic mass is 19.4. The Kier molecular flexibility index (Phi) is 54.0. The summed E-state index contributed by atoms with van der Waals surface area (Å²) in [5, 5.41) is 112. The van der Waals surface area contributed by atoms with Gasteiger partial charge in [-0.05, 0) is 260 Å². The lowest BCUT2D eigenvalue weighted by atomic mass is 9.85. The van der Waals surface area contributed by atoms with Gasteiger partial charge >= 0.3 is 30.1 Å². The Labute approximate surface area is 739 Å². The number of carbonyl (C=O) groups excluding carboxylic acids is 4. The van der Waals surface area contributed by atoms with Crippen molar-refractivity contribution >= 4 is 29.7 Å². The molecular weight excluding hydrogens is 1620 g/mol. The predicted octanol–water partition coefficient (Wildman–Crippen LogP) is 17.8. The standard InChI is InChI=1S/C26H35F3O6.C26H40O5.C25H36F2O5.C22H38O5/c1-17(2)35-25(33)11-6-4-3-5-10-21-22(24(32)15-23(21)31)13-12-19(30)16-34-20-9-7-8-18(14-20)26(27,28)29;1-19(2)31-26(30)13-9-4-3-8-12-22-23(25(29)18-24(22)28)17-16-21(27)15-14-20-10-6-5-7-11-20;1-18(2)32-24(30)13-9-4-3-8-12-20-21(23(29)16-22(20)28)14-15-25(26,27)17-31-19-10-6-5-7-11-19;1-2-3-4-5-8-11-17(23)14-15-19-18(20(24)16-21(19)25)12-9-6-7-10-13-22(26)27/h3,5,7-9,12-14,17,19,21-24,30-32H,4,6,10-11,15-16H2,1-2H3;3,5-8,10-11,19,21-25,27-29H,4,9,12-18H2,1-2H3;3,5-8,10-11,18,20-23,28-29H,4,9,12-17H2,1-2H3;6,9,18-21,24-25H,2-5,7-8,10-16H2,1H3,(H,26,27)/b5-3-,13-12+;2*8-3-;9-6-/t19-,21-,22-,23+,24-;21-,22+,23+,24-,25+;20-,21-,22+,23-;18-,19-,20+,21-/m1011/s1. The first-order chi connectivity index (χ1) is 59.5. The molecule has 125 heavy (non-hydrogen) atoms. The molecular formula is C99H149F5O21. The van der Waals surface area contributed by atoms with E-state index in [2.05, 4.69) is 25.1 Å². The SMILES string of the molecule is CC(C)OC(=O)CCC/C=C\C[C@@H]1[C@@H](/C=C/[C@@H](O)COc2cccc(C(F)(F)F)c2)[C@H](O)C[C@@H]1O.CC(C)OC(=O)CCC/C=C\C[C@@H]1[C@@H](CCC(F)(F)COc2ccccc2)[C@H](O)C[C@@H]1O.CC(C)OC(=O)CCC/C=C\C[C@@H]1[C@@H](CC[C@@H](O)CCc2ccccc2)[C@H](O)C[C@@H]1O.CCCCCCCC(=O)CC[C@@H]1[C@@H](C/C=C\CCCC(=O)O)[C@@H](O)C[C@H]1O. The molecule has 0 amide bonds.